The largest absolute Gasteiger partial charge is 0.385 e. The van der Waals surface area contributed by atoms with Crippen LogP contribution in [0.1, 0.15) is 51.0 Å². The maximum absolute atomic E-state index is 13.2. The number of hydrogen-bond acceptors (Lipinski definition) is 2. The molecule has 0 bridgehead atoms. The molecule has 0 aromatic carbocycles. The third kappa shape index (κ3) is 2.83. The van der Waals surface area contributed by atoms with Crippen LogP contribution in [0.4, 0.5) is 4.39 Å². The van der Waals surface area contributed by atoms with Crippen molar-refractivity contribution in [2.45, 2.75) is 51.0 Å². The third-order valence-corrected chi connectivity index (χ3v) is 3.94. The number of halogens is 1. The van der Waals surface area contributed by atoms with Gasteiger partial charge < -0.3 is 5.11 Å². The van der Waals surface area contributed by atoms with E-state index in [4.69, 9.17) is 0 Å². The molecular formula is C14H20FNO. The molecule has 1 fully saturated rings. The molecule has 1 aliphatic rings. The van der Waals surface area contributed by atoms with Crippen molar-refractivity contribution in [3.63, 3.8) is 0 Å². The first-order valence-electron chi connectivity index (χ1n) is 6.44. The molecule has 1 unspecified atom stereocenters. The summed E-state index contributed by atoms with van der Waals surface area (Å²) in [6, 6.07) is 1.40. The van der Waals surface area contributed by atoms with Gasteiger partial charge in [0.1, 0.15) is 5.82 Å². The second-order valence-corrected chi connectivity index (χ2v) is 5.23. The van der Waals surface area contributed by atoms with E-state index in [1.54, 1.807) is 13.1 Å². The molecule has 0 saturated heterocycles. The van der Waals surface area contributed by atoms with Crippen LogP contribution in [0.3, 0.4) is 0 Å². The summed E-state index contributed by atoms with van der Waals surface area (Å²) in [5, 5.41) is 10.7. The van der Waals surface area contributed by atoms with Gasteiger partial charge in [-0.05, 0) is 31.7 Å². The summed E-state index contributed by atoms with van der Waals surface area (Å²) in [6.07, 6.45) is 9.59. The molecule has 0 amide bonds. The zero-order valence-electron chi connectivity index (χ0n) is 10.3. The van der Waals surface area contributed by atoms with E-state index >= 15 is 0 Å². The van der Waals surface area contributed by atoms with E-state index in [1.165, 1.54) is 25.1 Å². The second kappa shape index (κ2) is 5.13. The van der Waals surface area contributed by atoms with Gasteiger partial charge in [0.15, 0.2) is 0 Å². The number of aromatic nitrogens is 1. The van der Waals surface area contributed by atoms with Crippen molar-refractivity contribution in [2.75, 3.05) is 0 Å². The van der Waals surface area contributed by atoms with Gasteiger partial charge in [-0.15, -0.1) is 0 Å². The van der Waals surface area contributed by atoms with Gasteiger partial charge in [0.05, 0.1) is 11.8 Å². The SMILES string of the molecule is CC(O)(c1cncc(F)c1)C1CCCCCC1. The fraction of sp³-hybridized carbons (Fsp3) is 0.643. The highest BCUT2D eigenvalue weighted by Crippen LogP contribution is 2.38. The van der Waals surface area contributed by atoms with Gasteiger partial charge in [0, 0.05) is 11.8 Å². The van der Waals surface area contributed by atoms with Crippen LogP contribution >= 0.6 is 0 Å². The molecule has 3 heteroatoms. The molecule has 0 spiro atoms. The first kappa shape index (κ1) is 12.5. The maximum Gasteiger partial charge on any atom is 0.141 e. The Hall–Kier alpha value is -0.960. The number of hydrogen-bond donors (Lipinski definition) is 1. The molecule has 1 N–H and O–H groups in total. The molecule has 1 aromatic heterocycles. The van der Waals surface area contributed by atoms with Crippen molar-refractivity contribution in [3.05, 3.63) is 29.8 Å². The van der Waals surface area contributed by atoms with Crippen molar-refractivity contribution in [1.82, 2.24) is 4.98 Å². The average Bonchev–Trinajstić information content (AvgIpc) is 2.58. The van der Waals surface area contributed by atoms with E-state index in [0.29, 0.717) is 5.56 Å². The minimum absolute atomic E-state index is 0.216. The van der Waals surface area contributed by atoms with Gasteiger partial charge >= 0.3 is 0 Å². The number of aliphatic hydroxyl groups is 1. The maximum atomic E-state index is 13.2. The quantitative estimate of drug-likeness (QED) is 0.800. The van der Waals surface area contributed by atoms with Crippen LogP contribution in [0, 0.1) is 11.7 Å². The fourth-order valence-corrected chi connectivity index (χ4v) is 2.77. The molecule has 0 radical (unpaired) electrons. The van der Waals surface area contributed by atoms with Crippen LogP contribution in [-0.2, 0) is 5.60 Å². The minimum atomic E-state index is -0.959. The predicted octanol–water partition coefficient (Wildman–Crippen LogP) is 3.40. The molecule has 0 aliphatic heterocycles. The monoisotopic (exact) mass is 237 g/mol. The van der Waals surface area contributed by atoms with Crippen molar-refractivity contribution in [2.24, 2.45) is 5.92 Å². The van der Waals surface area contributed by atoms with Crippen LogP contribution < -0.4 is 0 Å². The van der Waals surface area contributed by atoms with E-state index in [-0.39, 0.29) is 11.7 Å². The van der Waals surface area contributed by atoms with Gasteiger partial charge in [-0.25, -0.2) is 4.39 Å². The third-order valence-electron chi connectivity index (χ3n) is 3.94. The Morgan fingerprint density at radius 1 is 1.24 bits per heavy atom. The smallest absolute Gasteiger partial charge is 0.141 e. The van der Waals surface area contributed by atoms with Crippen molar-refractivity contribution < 1.29 is 9.50 Å². The highest BCUT2D eigenvalue weighted by molar-refractivity contribution is 5.19. The van der Waals surface area contributed by atoms with Gasteiger partial charge in [0.2, 0.25) is 0 Å². The van der Waals surface area contributed by atoms with Crippen molar-refractivity contribution in [1.29, 1.82) is 0 Å². The first-order chi connectivity index (χ1) is 8.10. The van der Waals surface area contributed by atoms with E-state index in [2.05, 4.69) is 4.98 Å². The standard InChI is InChI=1S/C14H20FNO/c1-14(17,11-6-4-2-3-5-7-11)12-8-13(15)10-16-9-12/h8-11,17H,2-7H2,1H3. The van der Waals surface area contributed by atoms with Crippen LogP contribution in [0.5, 0.6) is 0 Å². The highest BCUT2D eigenvalue weighted by Gasteiger charge is 2.34. The topological polar surface area (TPSA) is 33.1 Å². The molecule has 2 nitrogen and oxygen atoms in total. The fourth-order valence-electron chi connectivity index (χ4n) is 2.77. The van der Waals surface area contributed by atoms with Gasteiger partial charge in [-0.2, -0.15) is 0 Å². The summed E-state index contributed by atoms with van der Waals surface area (Å²) in [5.74, 6) is -0.162. The lowest BCUT2D eigenvalue weighted by atomic mass is 9.79. The Kier molecular flexibility index (Phi) is 3.77. The second-order valence-electron chi connectivity index (χ2n) is 5.23. The lowest BCUT2D eigenvalue weighted by molar-refractivity contribution is -0.0131. The Labute approximate surface area is 102 Å². The van der Waals surface area contributed by atoms with Crippen LogP contribution in [-0.4, -0.2) is 10.1 Å². The van der Waals surface area contributed by atoms with E-state index in [9.17, 15) is 9.50 Å². The van der Waals surface area contributed by atoms with Crippen LogP contribution in [0.25, 0.3) is 0 Å². The van der Waals surface area contributed by atoms with E-state index in [1.807, 2.05) is 0 Å². The normalized spacial score (nSPS) is 21.8. The summed E-state index contributed by atoms with van der Waals surface area (Å²) in [6.45, 7) is 1.79. The Morgan fingerprint density at radius 2 is 1.88 bits per heavy atom. The number of nitrogens with zero attached hydrogens (tertiary/aromatic N) is 1. The van der Waals surface area contributed by atoms with E-state index in [0.717, 1.165) is 25.7 Å². The zero-order chi connectivity index (χ0) is 12.3. The first-order valence-corrected chi connectivity index (χ1v) is 6.44. The van der Waals surface area contributed by atoms with Crippen molar-refractivity contribution >= 4 is 0 Å². The Balaban J connectivity index is 2.21. The summed E-state index contributed by atoms with van der Waals surface area (Å²) in [4.78, 5) is 3.83. The van der Waals surface area contributed by atoms with Crippen LogP contribution in [0.15, 0.2) is 18.5 Å². The molecule has 1 heterocycles. The molecule has 1 atom stereocenters. The van der Waals surface area contributed by atoms with Gasteiger partial charge in [-0.1, -0.05) is 25.7 Å². The number of pyridine rings is 1. The summed E-state index contributed by atoms with van der Waals surface area (Å²) < 4.78 is 13.2. The minimum Gasteiger partial charge on any atom is -0.385 e. The highest BCUT2D eigenvalue weighted by atomic mass is 19.1. The molecule has 1 saturated carbocycles. The molecule has 1 aromatic rings. The molecule has 1 aliphatic carbocycles. The Bertz CT molecular complexity index is 370. The summed E-state index contributed by atoms with van der Waals surface area (Å²) >= 11 is 0. The molecule has 94 valence electrons. The zero-order valence-corrected chi connectivity index (χ0v) is 10.3. The molecular weight excluding hydrogens is 217 g/mol. The lowest BCUT2D eigenvalue weighted by Crippen LogP contribution is -2.31. The lowest BCUT2D eigenvalue weighted by Gasteiger charge is -2.32. The average molecular weight is 237 g/mol. The molecule has 17 heavy (non-hydrogen) atoms. The summed E-state index contributed by atoms with van der Waals surface area (Å²) in [7, 11) is 0. The van der Waals surface area contributed by atoms with Gasteiger partial charge in [-0.3, -0.25) is 4.98 Å². The summed E-state index contributed by atoms with van der Waals surface area (Å²) in [5.41, 5.74) is -0.358. The van der Waals surface area contributed by atoms with Crippen molar-refractivity contribution in [3.8, 4) is 0 Å². The van der Waals surface area contributed by atoms with Gasteiger partial charge in [0.25, 0.3) is 0 Å². The number of rotatable bonds is 2. The predicted molar refractivity (Wildman–Crippen MR) is 65.0 cm³/mol. The van der Waals surface area contributed by atoms with E-state index < -0.39 is 5.60 Å². The molecule has 2 rings (SSSR count). The Morgan fingerprint density at radius 3 is 2.47 bits per heavy atom. The van der Waals surface area contributed by atoms with Crippen LogP contribution in [0.2, 0.25) is 0 Å².